The van der Waals surface area contributed by atoms with Crippen molar-refractivity contribution in [3.8, 4) is 5.75 Å². The van der Waals surface area contributed by atoms with Crippen LogP contribution in [-0.4, -0.2) is 54.6 Å². The van der Waals surface area contributed by atoms with Crippen molar-refractivity contribution in [1.29, 1.82) is 0 Å². The van der Waals surface area contributed by atoms with Gasteiger partial charge in [-0.25, -0.2) is 13.6 Å². The molecule has 0 bridgehead atoms. The molecule has 0 spiro atoms. The number of carbonyl (C=O) groups is 1. The van der Waals surface area contributed by atoms with Crippen LogP contribution in [-0.2, 0) is 9.53 Å². The van der Waals surface area contributed by atoms with Gasteiger partial charge in [-0.15, -0.1) is 11.8 Å². The third kappa shape index (κ3) is 5.39. The molecule has 6 nitrogen and oxygen atoms in total. The number of hydrogen-bond donors (Lipinski definition) is 0. The number of halogens is 8. The standard InChI is InChI=1S/C14H11F8NO5S/c1-29-7-2-3-9(8(4-7)23(25)26)27-5-10(24)28-6-12(17,18)14(21,22)13(19,20)11(15)16/h2-4,11H,5-6H2,1H3. The Bertz CT molecular complexity index is 762. The van der Waals surface area contributed by atoms with Crippen LogP contribution in [0, 0.1) is 10.1 Å². The van der Waals surface area contributed by atoms with Crippen LogP contribution in [0.3, 0.4) is 0 Å². The Balaban J connectivity index is 2.78. The Labute approximate surface area is 161 Å². The van der Waals surface area contributed by atoms with Gasteiger partial charge in [0.25, 0.3) is 0 Å². The van der Waals surface area contributed by atoms with Crippen LogP contribution in [0.4, 0.5) is 40.8 Å². The lowest BCUT2D eigenvalue weighted by Gasteiger charge is -2.31. The van der Waals surface area contributed by atoms with Gasteiger partial charge < -0.3 is 9.47 Å². The number of ether oxygens (including phenoxy) is 2. The molecule has 15 heteroatoms. The van der Waals surface area contributed by atoms with E-state index in [1.807, 2.05) is 0 Å². The predicted molar refractivity (Wildman–Crippen MR) is 82.2 cm³/mol. The van der Waals surface area contributed by atoms with Gasteiger partial charge in [0.15, 0.2) is 19.0 Å². The number of alkyl halides is 8. The molecule has 29 heavy (non-hydrogen) atoms. The number of hydrogen-bond acceptors (Lipinski definition) is 6. The number of nitrogens with zero attached hydrogens (tertiary/aromatic N) is 1. The molecule has 1 rings (SSSR count). The first-order valence-electron chi connectivity index (χ1n) is 7.19. The molecule has 0 heterocycles. The third-order valence-corrected chi connectivity index (χ3v) is 4.00. The number of nitro groups is 1. The highest BCUT2D eigenvalue weighted by molar-refractivity contribution is 7.98. The molecular formula is C14H11F8NO5S. The zero-order valence-corrected chi connectivity index (χ0v) is 15.0. The smallest absolute Gasteiger partial charge is 0.381 e. The first kappa shape index (κ1) is 24.7. The van der Waals surface area contributed by atoms with E-state index in [1.165, 1.54) is 6.07 Å². The van der Waals surface area contributed by atoms with E-state index in [2.05, 4.69) is 4.74 Å². The van der Waals surface area contributed by atoms with Gasteiger partial charge in [0.05, 0.1) is 4.92 Å². The average molecular weight is 457 g/mol. The molecule has 0 aliphatic carbocycles. The highest BCUT2D eigenvalue weighted by Gasteiger charge is 2.75. The molecule has 0 aliphatic heterocycles. The van der Waals surface area contributed by atoms with Gasteiger partial charge in [-0.05, 0) is 18.4 Å². The van der Waals surface area contributed by atoms with Crippen LogP contribution >= 0.6 is 11.8 Å². The second-order valence-corrected chi connectivity index (χ2v) is 6.12. The first-order chi connectivity index (χ1) is 13.2. The fourth-order valence-corrected chi connectivity index (χ4v) is 2.14. The predicted octanol–water partition coefficient (Wildman–Crippen LogP) is 4.41. The zero-order valence-electron chi connectivity index (χ0n) is 14.1. The quantitative estimate of drug-likeness (QED) is 0.170. The summed E-state index contributed by atoms with van der Waals surface area (Å²) in [6, 6.07) is 3.47. The number of thioether (sulfide) groups is 1. The van der Waals surface area contributed by atoms with Gasteiger partial charge in [0.1, 0.15) is 0 Å². The molecule has 0 amide bonds. The van der Waals surface area contributed by atoms with Crippen molar-refractivity contribution in [2.75, 3.05) is 19.5 Å². The minimum absolute atomic E-state index is 0.438. The van der Waals surface area contributed by atoms with Crippen LogP contribution in [0.25, 0.3) is 0 Å². The number of benzene rings is 1. The van der Waals surface area contributed by atoms with Crippen molar-refractivity contribution in [2.45, 2.75) is 29.1 Å². The molecule has 0 aromatic heterocycles. The van der Waals surface area contributed by atoms with Crippen molar-refractivity contribution in [3.63, 3.8) is 0 Å². The minimum Gasteiger partial charge on any atom is -0.475 e. The second kappa shape index (κ2) is 9.00. The van der Waals surface area contributed by atoms with Gasteiger partial charge in [0, 0.05) is 11.0 Å². The van der Waals surface area contributed by atoms with Crippen molar-refractivity contribution in [2.24, 2.45) is 0 Å². The fraction of sp³-hybridized carbons (Fsp3) is 0.500. The highest BCUT2D eigenvalue weighted by atomic mass is 32.2. The molecule has 0 atom stereocenters. The summed E-state index contributed by atoms with van der Waals surface area (Å²) >= 11 is 1.13. The van der Waals surface area contributed by atoms with Crippen LogP contribution in [0.2, 0.25) is 0 Å². The molecule has 0 N–H and O–H groups in total. The normalized spacial score (nSPS) is 12.8. The SMILES string of the molecule is CSc1ccc(OCC(=O)OCC(F)(F)C(F)(F)C(F)(F)C(F)F)c([N+](=O)[O-])c1. The molecule has 0 radical (unpaired) electrons. The Morgan fingerprint density at radius 1 is 1.21 bits per heavy atom. The summed E-state index contributed by atoms with van der Waals surface area (Å²) in [4.78, 5) is 21.8. The average Bonchev–Trinajstić information content (AvgIpc) is 2.63. The summed E-state index contributed by atoms with van der Waals surface area (Å²) in [6.07, 6.45) is -3.50. The summed E-state index contributed by atoms with van der Waals surface area (Å²) in [5.74, 6) is -21.0. The molecule has 0 saturated heterocycles. The van der Waals surface area contributed by atoms with Gasteiger partial charge in [-0.1, -0.05) is 0 Å². The van der Waals surface area contributed by atoms with E-state index in [0.717, 1.165) is 23.9 Å². The van der Waals surface area contributed by atoms with Crippen molar-refractivity contribution in [1.82, 2.24) is 0 Å². The molecule has 1 aromatic carbocycles. The number of rotatable bonds is 10. The van der Waals surface area contributed by atoms with Crippen LogP contribution in [0.1, 0.15) is 0 Å². The molecule has 164 valence electrons. The Morgan fingerprint density at radius 3 is 2.28 bits per heavy atom. The number of nitro benzene ring substituents is 1. The van der Waals surface area contributed by atoms with Gasteiger partial charge in [-0.2, -0.15) is 26.3 Å². The van der Waals surface area contributed by atoms with Crippen LogP contribution in [0.15, 0.2) is 23.1 Å². The number of esters is 1. The largest absolute Gasteiger partial charge is 0.475 e. The van der Waals surface area contributed by atoms with Crippen molar-refractivity contribution in [3.05, 3.63) is 28.3 Å². The van der Waals surface area contributed by atoms with Gasteiger partial charge in [-0.3, -0.25) is 10.1 Å². The summed E-state index contributed by atoms with van der Waals surface area (Å²) in [5, 5.41) is 10.9. The summed E-state index contributed by atoms with van der Waals surface area (Å²) < 4.78 is 110. The molecular weight excluding hydrogens is 446 g/mol. The van der Waals surface area contributed by atoms with E-state index in [4.69, 9.17) is 4.74 Å². The summed E-state index contributed by atoms with van der Waals surface area (Å²) in [5.41, 5.74) is -0.613. The monoisotopic (exact) mass is 457 g/mol. The van der Waals surface area contributed by atoms with Crippen molar-refractivity contribution >= 4 is 23.4 Å². The van der Waals surface area contributed by atoms with Crippen molar-refractivity contribution < 1.29 is 54.3 Å². The lowest BCUT2D eigenvalue weighted by atomic mass is 10.1. The Hall–Kier alpha value is -2.32. The van der Waals surface area contributed by atoms with E-state index in [1.54, 1.807) is 6.26 Å². The van der Waals surface area contributed by atoms with Crippen LogP contribution in [0.5, 0.6) is 5.75 Å². The van der Waals surface area contributed by atoms with E-state index < -0.39 is 59.7 Å². The lowest BCUT2D eigenvalue weighted by Crippen LogP contribution is -2.59. The topological polar surface area (TPSA) is 78.7 Å². The maximum Gasteiger partial charge on any atom is 0.381 e. The maximum absolute atomic E-state index is 13.3. The second-order valence-electron chi connectivity index (χ2n) is 5.24. The summed E-state index contributed by atoms with van der Waals surface area (Å²) in [6.45, 7) is -3.94. The molecule has 0 saturated carbocycles. The van der Waals surface area contributed by atoms with E-state index >= 15 is 0 Å². The molecule has 0 fully saturated rings. The highest BCUT2D eigenvalue weighted by Crippen LogP contribution is 2.48. The Kier molecular flexibility index (Phi) is 7.67. The zero-order chi connectivity index (χ0) is 22.6. The Morgan fingerprint density at radius 2 is 1.79 bits per heavy atom. The third-order valence-electron chi connectivity index (χ3n) is 3.27. The minimum atomic E-state index is -6.53. The molecule has 0 unspecified atom stereocenters. The molecule has 0 aliphatic rings. The van der Waals surface area contributed by atoms with Gasteiger partial charge in [0.2, 0.25) is 0 Å². The van der Waals surface area contributed by atoms with E-state index in [9.17, 15) is 50.0 Å². The fourth-order valence-electron chi connectivity index (χ4n) is 1.71. The van der Waals surface area contributed by atoms with Gasteiger partial charge >= 0.3 is 35.8 Å². The summed E-state index contributed by atoms with van der Waals surface area (Å²) in [7, 11) is 0. The molecule has 1 aromatic rings. The van der Waals surface area contributed by atoms with E-state index in [-0.39, 0.29) is 0 Å². The van der Waals surface area contributed by atoms with E-state index in [0.29, 0.717) is 4.90 Å². The number of carbonyl (C=O) groups excluding carboxylic acids is 1. The lowest BCUT2D eigenvalue weighted by molar-refractivity contribution is -0.386. The first-order valence-corrected chi connectivity index (χ1v) is 8.42. The van der Waals surface area contributed by atoms with Crippen LogP contribution < -0.4 is 4.74 Å². The maximum atomic E-state index is 13.3.